The number of phenolic OH excluding ortho intramolecular Hbond substituents is 1. The van der Waals surface area contributed by atoms with Crippen LogP contribution in [0.25, 0.3) is 0 Å². The van der Waals surface area contributed by atoms with E-state index in [9.17, 15) is 14.7 Å². The number of hydrogen-bond acceptors (Lipinski definition) is 4. The second kappa shape index (κ2) is 5.81. The Labute approximate surface area is 116 Å². The molecule has 20 heavy (non-hydrogen) atoms. The number of ether oxygens (including phenoxy) is 1. The van der Waals surface area contributed by atoms with Gasteiger partial charge in [0.1, 0.15) is 11.5 Å². The minimum atomic E-state index is -0.888. The fourth-order valence-electron chi connectivity index (χ4n) is 2.35. The van der Waals surface area contributed by atoms with Crippen molar-refractivity contribution in [3.8, 4) is 11.5 Å². The average Bonchev–Trinajstić information content (AvgIpc) is 2.46. The molecule has 1 saturated heterocycles. The van der Waals surface area contributed by atoms with Crippen molar-refractivity contribution >= 4 is 11.9 Å². The number of rotatable bonds is 3. The number of amides is 1. The molecule has 0 saturated carbocycles. The van der Waals surface area contributed by atoms with E-state index in [1.807, 2.05) is 0 Å². The van der Waals surface area contributed by atoms with E-state index in [1.54, 1.807) is 6.07 Å². The molecule has 1 aliphatic rings. The molecule has 1 amide bonds. The van der Waals surface area contributed by atoms with Crippen LogP contribution < -0.4 is 4.74 Å². The molecule has 2 rings (SSSR count). The Kier molecular flexibility index (Phi) is 4.12. The standard InChI is InChI=1S/C14H17NO5/c1-20-10-4-5-11(12(16)7-10)13(17)15-6-2-3-9(8-15)14(18)19/h4-5,7,9,16H,2-3,6,8H2,1H3,(H,18,19)/t9-/m1/s1. The van der Waals surface area contributed by atoms with Crippen molar-refractivity contribution in [1.82, 2.24) is 4.90 Å². The molecule has 6 nitrogen and oxygen atoms in total. The lowest BCUT2D eigenvalue weighted by Crippen LogP contribution is -2.42. The monoisotopic (exact) mass is 279 g/mol. The first kappa shape index (κ1) is 14.2. The lowest BCUT2D eigenvalue weighted by molar-refractivity contribution is -0.143. The number of aromatic hydroxyl groups is 1. The van der Waals surface area contributed by atoms with Crippen molar-refractivity contribution in [3.05, 3.63) is 23.8 Å². The van der Waals surface area contributed by atoms with E-state index in [-0.39, 0.29) is 23.8 Å². The molecule has 1 heterocycles. The van der Waals surface area contributed by atoms with Crippen LogP contribution in [-0.2, 0) is 4.79 Å². The van der Waals surface area contributed by atoms with Crippen LogP contribution in [0.1, 0.15) is 23.2 Å². The smallest absolute Gasteiger partial charge is 0.308 e. The van der Waals surface area contributed by atoms with Gasteiger partial charge in [0.25, 0.3) is 5.91 Å². The van der Waals surface area contributed by atoms with E-state index in [4.69, 9.17) is 9.84 Å². The molecule has 1 aromatic rings. The summed E-state index contributed by atoms with van der Waals surface area (Å²) >= 11 is 0. The third-order valence-corrected chi connectivity index (χ3v) is 3.49. The highest BCUT2D eigenvalue weighted by Crippen LogP contribution is 2.26. The normalized spacial score (nSPS) is 18.6. The molecule has 0 bridgehead atoms. The zero-order valence-electron chi connectivity index (χ0n) is 11.2. The van der Waals surface area contributed by atoms with Crippen LogP contribution in [-0.4, -0.2) is 47.2 Å². The predicted octanol–water partition coefficient (Wildman–Crippen LogP) is 1.34. The second-order valence-corrected chi connectivity index (χ2v) is 4.81. The maximum absolute atomic E-state index is 12.3. The van der Waals surface area contributed by atoms with Gasteiger partial charge in [0.15, 0.2) is 0 Å². The number of methoxy groups -OCH3 is 1. The molecule has 0 aliphatic carbocycles. The first-order valence-corrected chi connectivity index (χ1v) is 6.42. The maximum Gasteiger partial charge on any atom is 0.308 e. The number of benzene rings is 1. The summed E-state index contributed by atoms with van der Waals surface area (Å²) in [7, 11) is 1.47. The van der Waals surface area contributed by atoms with Gasteiger partial charge in [-0.05, 0) is 25.0 Å². The quantitative estimate of drug-likeness (QED) is 0.871. The van der Waals surface area contributed by atoms with Gasteiger partial charge in [0.2, 0.25) is 0 Å². The molecule has 0 aromatic heterocycles. The number of carboxylic acid groups (broad SMARTS) is 1. The summed E-state index contributed by atoms with van der Waals surface area (Å²) in [5.74, 6) is -1.47. The summed E-state index contributed by atoms with van der Waals surface area (Å²) in [5, 5.41) is 18.9. The van der Waals surface area contributed by atoms with Crippen molar-refractivity contribution in [1.29, 1.82) is 0 Å². The molecule has 6 heteroatoms. The molecular weight excluding hydrogens is 262 g/mol. The number of carboxylic acids is 1. The van der Waals surface area contributed by atoms with Gasteiger partial charge in [-0.15, -0.1) is 0 Å². The van der Waals surface area contributed by atoms with Crippen LogP contribution >= 0.6 is 0 Å². The number of carbonyl (C=O) groups excluding carboxylic acids is 1. The minimum Gasteiger partial charge on any atom is -0.507 e. The van der Waals surface area contributed by atoms with E-state index in [0.717, 1.165) is 0 Å². The Morgan fingerprint density at radius 3 is 2.75 bits per heavy atom. The molecule has 0 unspecified atom stereocenters. The summed E-state index contributed by atoms with van der Waals surface area (Å²) < 4.78 is 4.96. The summed E-state index contributed by atoms with van der Waals surface area (Å²) in [6, 6.07) is 4.44. The van der Waals surface area contributed by atoms with Gasteiger partial charge in [0.05, 0.1) is 18.6 Å². The Morgan fingerprint density at radius 1 is 1.40 bits per heavy atom. The number of aliphatic carboxylic acids is 1. The zero-order valence-corrected chi connectivity index (χ0v) is 11.2. The van der Waals surface area contributed by atoms with Crippen LogP contribution in [0.15, 0.2) is 18.2 Å². The van der Waals surface area contributed by atoms with Crippen LogP contribution in [0.2, 0.25) is 0 Å². The highest BCUT2D eigenvalue weighted by molar-refractivity contribution is 5.97. The minimum absolute atomic E-state index is 0.160. The number of piperidine rings is 1. The Morgan fingerprint density at radius 2 is 2.15 bits per heavy atom. The first-order chi connectivity index (χ1) is 9.52. The van der Waals surface area contributed by atoms with E-state index in [0.29, 0.717) is 25.1 Å². The number of hydrogen-bond donors (Lipinski definition) is 2. The van der Waals surface area contributed by atoms with Crippen molar-refractivity contribution < 1.29 is 24.5 Å². The van der Waals surface area contributed by atoms with Gasteiger partial charge >= 0.3 is 5.97 Å². The van der Waals surface area contributed by atoms with Crippen molar-refractivity contribution in [2.75, 3.05) is 20.2 Å². The average molecular weight is 279 g/mol. The van der Waals surface area contributed by atoms with E-state index in [2.05, 4.69) is 0 Å². The van der Waals surface area contributed by atoms with Gasteiger partial charge in [-0.1, -0.05) is 0 Å². The molecule has 2 N–H and O–H groups in total. The van der Waals surface area contributed by atoms with Gasteiger partial charge in [-0.3, -0.25) is 9.59 Å². The molecule has 0 radical (unpaired) electrons. The summed E-state index contributed by atoms with van der Waals surface area (Å²) in [6.07, 6.45) is 1.23. The van der Waals surface area contributed by atoms with Gasteiger partial charge in [-0.2, -0.15) is 0 Å². The van der Waals surface area contributed by atoms with Crippen molar-refractivity contribution in [2.24, 2.45) is 5.92 Å². The Balaban J connectivity index is 2.16. The molecule has 1 fully saturated rings. The fraction of sp³-hybridized carbons (Fsp3) is 0.429. The molecular formula is C14H17NO5. The third-order valence-electron chi connectivity index (χ3n) is 3.49. The number of nitrogens with zero attached hydrogens (tertiary/aromatic N) is 1. The SMILES string of the molecule is COc1ccc(C(=O)N2CCC[C@@H](C(=O)O)C2)c(O)c1. The lowest BCUT2D eigenvalue weighted by Gasteiger charge is -2.30. The predicted molar refractivity (Wildman–Crippen MR) is 70.9 cm³/mol. The van der Waals surface area contributed by atoms with Crippen LogP contribution in [0.4, 0.5) is 0 Å². The van der Waals surface area contributed by atoms with E-state index < -0.39 is 11.9 Å². The Bertz CT molecular complexity index is 528. The molecule has 1 aliphatic heterocycles. The lowest BCUT2D eigenvalue weighted by atomic mass is 9.97. The zero-order chi connectivity index (χ0) is 14.7. The first-order valence-electron chi connectivity index (χ1n) is 6.42. The fourth-order valence-corrected chi connectivity index (χ4v) is 2.35. The highest BCUT2D eigenvalue weighted by atomic mass is 16.5. The number of phenols is 1. The van der Waals surface area contributed by atoms with E-state index in [1.165, 1.54) is 24.1 Å². The number of carbonyl (C=O) groups is 2. The molecule has 0 spiro atoms. The van der Waals surface area contributed by atoms with Crippen LogP contribution in [0.5, 0.6) is 11.5 Å². The largest absolute Gasteiger partial charge is 0.507 e. The van der Waals surface area contributed by atoms with Crippen molar-refractivity contribution in [3.63, 3.8) is 0 Å². The van der Waals surface area contributed by atoms with Crippen LogP contribution in [0, 0.1) is 5.92 Å². The van der Waals surface area contributed by atoms with Crippen LogP contribution in [0.3, 0.4) is 0 Å². The topological polar surface area (TPSA) is 87.1 Å². The summed E-state index contributed by atoms with van der Waals surface area (Å²) in [5.41, 5.74) is 0.164. The van der Waals surface area contributed by atoms with Crippen molar-refractivity contribution in [2.45, 2.75) is 12.8 Å². The summed E-state index contributed by atoms with van der Waals surface area (Å²) in [4.78, 5) is 24.8. The Hall–Kier alpha value is -2.24. The maximum atomic E-state index is 12.3. The third kappa shape index (κ3) is 2.84. The van der Waals surface area contributed by atoms with Gasteiger partial charge in [0, 0.05) is 19.2 Å². The van der Waals surface area contributed by atoms with Gasteiger partial charge < -0.3 is 19.8 Å². The molecule has 1 atom stereocenters. The molecule has 108 valence electrons. The molecule has 1 aromatic carbocycles. The second-order valence-electron chi connectivity index (χ2n) is 4.81. The van der Waals surface area contributed by atoms with Gasteiger partial charge in [-0.25, -0.2) is 0 Å². The highest BCUT2D eigenvalue weighted by Gasteiger charge is 2.29. The summed E-state index contributed by atoms with van der Waals surface area (Å²) in [6.45, 7) is 0.688. The number of likely N-dealkylation sites (tertiary alicyclic amines) is 1. The van der Waals surface area contributed by atoms with E-state index >= 15 is 0 Å².